The lowest BCUT2D eigenvalue weighted by atomic mass is 10.2. The number of rotatable bonds is 8. The molecule has 6 nitrogen and oxygen atoms in total. The second-order valence-electron chi connectivity index (χ2n) is 6.10. The van der Waals surface area contributed by atoms with Crippen LogP contribution < -0.4 is 15.4 Å². The molecule has 0 bridgehead atoms. The van der Waals surface area contributed by atoms with E-state index in [1.54, 1.807) is 7.11 Å². The average Bonchev–Trinajstić information content (AvgIpc) is 3.00. The van der Waals surface area contributed by atoms with Crippen molar-refractivity contribution >= 4 is 39.8 Å². The van der Waals surface area contributed by atoms with Crippen molar-refractivity contribution in [2.45, 2.75) is 37.3 Å². The first-order valence-corrected chi connectivity index (χ1v) is 9.78. The second kappa shape index (κ2) is 9.05. The van der Waals surface area contributed by atoms with Gasteiger partial charge in [0.25, 0.3) is 0 Å². The number of methoxy groups -OCH3 is 1. The third kappa shape index (κ3) is 5.89. The van der Waals surface area contributed by atoms with Crippen LogP contribution in [0.4, 0.5) is 10.8 Å². The first-order valence-electron chi connectivity index (χ1n) is 8.08. The van der Waals surface area contributed by atoms with E-state index in [0.717, 1.165) is 21.6 Å². The molecule has 0 saturated heterocycles. The molecule has 25 heavy (non-hydrogen) atoms. The van der Waals surface area contributed by atoms with Gasteiger partial charge in [-0.25, -0.2) is 0 Å². The van der Waals surface area contributed by atoms with Gasteiger partial charge in [-0.3, -0.25) is 4.79 Å². The number of anilines is 2. The SMILES string of the molecule is COc1ccc(C)cc1NC(=O)C(C)Sc1nnc(NCC(C)C)s1. The minimum Gasteiger partial charge on any atom is -0.495 e. The molecule has 8 heteroatoms. The maximum Gasteiger partial charge on any atom is 0.237 e. The van der Waals surface area contributed by atoms with E-state index in [2.05, 4.69) is 34.7 Å². The molecule has 0 aliphatic heterocycles. The lowest BCUT2D eigenvalue weighted by molar-refractivity contribution is -0.115. The van der Waals surface area contributed by atoms with Crippen LogP contribution in [0.1, 0.15) is 26.3 Å². The Hall–Kier alpha value is -1.80. The van der Waals surface area contributed by atoms with Crippen LogP contribution in [-0.2, 0) is 4.79 Å². The molecule has 1 unspecified atom stereocenters. The van der Waals surface area contributed by atoms with Gasteiger partial charge in [0.2, 0.25) is 11.0 Å². The Labute approximate surface area is 156 Å². The summed E-state index contributed by atoms with van der Waals surface area (Å²) in [6.07, 6.45) is 0. The number of amides is 1. The number of aromatic nitrogens is 2. The summed E-state index contributed by atoms with van der Waals surface area (Å²) in [5.74, 6) is 1.09. The molecule has 0 radical (unpaired) electrons. The molecule has 0 fully saturated rings. The van der Waals surface area contributed by atoms with Crippen molar-refractivity contribution in [3.63, 3.8) is 0 Å². The van der Waals surface area contributed by atoms with Gasteiger partial charge in [-0.1, -0.05) is 43.0 Å². The summed E-state index contributed by atoms with van der Waals surface area (Å²) in [4.78, 5) is 12.5. The number of thioether (sulfide) groups is 1. The van der Waals surface area contributed by atoms with Gasteiger partial charge in [0.15, 0.2) is 4.34 Å². The van der Waals surface area contributed by atoms with Crippen molar-refractivity contribution < 1.29 is 9.53 Å². The highest BCUT2D eigenvalue weighted by molar-refractivity contribution is 8.02. The number of hydrogen-bond donors (Lipinski definition) is 2. The maximum atomic E-state index is 12.5. The Morgan fingerprint density at radius 1 is 1.32 bits per heavy atom. The van der Waals surface area contributed by atoms with E-state index in [9.17, 15) is 4.79 Å². The predicted molar refractivity (Wildman–Crippen MR) is 105 cm³/mol. The number of nitrogens with zero attached hydrogens (tertiary/aromatic N) is 2. The van der Waals surface area contributed by atoms with E-state index >= 15 is 0 Å². The largest absolute Gasteiger partial charge is 0.495 e. The lowest BCUT2D eigenvalue weighted by Gasteiger charge is -2.13. The van der Waals surface area contributed by atoms with Crippen molar-refractivity contribution in [3.8, 4) is 5.75 Å². The number of ether oxygens (including phenoxy) is 1. The van der Waals surface area contributed by atoms with Gasteiger partial charge in [-0.05, 0) is 37.5 Å². The zero-order valence-electron chi connectivity index (χ0n) is 15.1. The minimum atomic E-state index is -0.295. The standard InChI is InChI=1S/C17H24N4O2S2/c1-10(2)9-18-16-20-21-17(25-16)24-12(4)15(22)19-13-8-11(3)6-7-14(13)23-5/h6-8,10,12H,9H2,1-5H3,(H,18,20)(H,19,22). The minimum absolute atomic E-state index is 0.0965. The number of aryl methyl sites for hydroxylation is 1. The molecule has 1 heterocycles. The Kier molecular flexibility index (Phi) is 7.07. The first-order chi connectivity index (χ1) is 11.9. The second-order valence-corrected chi connectivity index (χ2v) is 8.67. The van der Waals surface area contributed by atoms with E-state index in [1.165, 1.54) is 23.1 Å². The molecular formula is C17H24N4O2S2. The number of hydrogen-bond acceptors (Lipinski definition) is 7. The molecule has 0 saturated carbocycles. The summed E-state index contributed by atoms with van der Waals surface area (Å²) in [6, 6.07) is 5.69. The summed E-state index contributed by atoms with van der Waals surface area (Å²) in [6.45, 7) is 8.94. The first kappa shape index (κ1) is 19.5. The number of carbonyl (C=O) groups excluding carboxylic acids is 1. The molecule has 1 atom stereocenters. The average molecular weight is 381 g/mol. The Balaban J connectivity index is 1.95. The van der Waals surface area contributed by atoms with Crippen LogP contribution in [0.5, 0.6) is 5.75 Å². The van der Waals surface area contributed by atoms with E-state index in [-0.39, 0.29) is 11.2 Å². The zero-order valence-corrected chi connectivity index (χ0v) is 16.8. The fourth-order valence-electron chi connectivity index (χ4n) is 1.98. The van der Waals surface area contributed by atoms with Gasteiger partial charge >= 0.3 is 0 Å². The normalized spacial score (nSPS) is 12.1. The van der Waals surface area contributed by atoms with Crippen LogP contribution in [0.25, 0.3) is 0 Å². The molecule has 1 aromatic heterocycles. The molecule has 0 aliphatic rings. The molecule has 2 rings (SSSR count). The molecule has 1 amide bonds. The Bertz CT molecular complexity index is 718. The van der Waals surface area contributed by atoms with Crippen LogP contribution in [0, 0.1) is 12.8 Å². The van der Waals surface area contributed by atoms with Crippen LogP contribution in [0.3, 0.4) is 0 Å². The monoisotopic (exact) mass is 380 g/mol. The van der Waals surface area contributed by atoms with Crippen LogP contribution in [-0.4, -0.2) is 35.0 Å². The fourth-order valence-corrected chi connectivity index (χ4v) is 3.88. The molecule has 0 aliphatic carbocycles. The predicted octanol–water partition coefficient (Wildman–Crippen LogP) is 4.04. The van der Waals surface area contributed by atoms with Gasteiger partial charge < -0.3 is 15.4 Å². The third-order valence-electron chi connectivity index (χ3n) is 3.33. The molecule has 2 N–H and O–H groups in total. The van der Waals surface area contributed by atoms with Crippen LogP contribution in [0.15, 0.2) is 22.5 Å². The Morgan fingerprint density at radius 2 is 2.08 bits per heavy atom. The topological polar surface area (TPSA) is 76.1 Å². The van der Waals surface area contributed by atoms with Gasteiger partial charge in [0, 0.05) is 6.54 Å². The summed E-state index contributed by atoms with van der Waals surface area (Å²) >= 11 is 2.86. The summed E-state index contributed by atoms with van der Waals surface area (Å²) in [5.41, 5.74) is 1.73. The molecule has 136 valence electrons. The maximum absolute atomic E-state index is 12.5. The van der Waals surface area contributed by atoms with Gasteiger partial charge in [-0.15, -0.1) is 10.2 Å². The molecular weight excluding hydrogens is 356 g/mol. The quantitative estimate of drug-likeness (QED) is 0.673. The van der Waals surface area contributed by atoms with E-state index < -0.39 is 0 Å². The highest BCUT2D eigenvalue weighted by Crippen LogP contribution is 2.31. The summed E-state index contributed by atoms with van der Waals surface area (Å²) < 4.78 is 6.07. The van der Waals surface area contributed by atoms with E-state index in [1.807, 2.05) is 32.0 Å². The van der Waals surface area contributed by atoms with E-state index in [0.29, 0.717) is 17.4 Å². The third-order valence-corrected chi connectivity index (χ3v) is 5.39. The van der Waals surface area contributed by atoms with Gasteiger partial charge in [-0.2, -0.15) is 0 Å². The van der Waals surface area contributed by atoms with Gasteiger partial charge in [0.1, 0.15) is 5.75 Å². The van der Waals surface area contributed by atoms with E-state index in [4.69, 9.17) is 4.74 Å². The molecule has 0 spiro atoms. The Morgan fingerprint density at radius 3 is 2.76 bits per heavy atom. The lowest BCUT2D eigenvalue weighted by Crippen LogP contribution is -2.22. The molecule has 1 aromatic carbocycles. The van der Waals surface area contributed by atoms with Crippen molar-refractivity contribution in [1.29, 1.82) is 0 Å². The summed E-state index contributed by atoms with van der Waals surface area (Å²) in [7, 11) is 1.59. The molecule has 2 aromatic rings. The smallest absolute Gasteiger partial charge is 0.237 e. The highest BCUT2D eigenvalue weighted by atomic mass is 32.2. The van der Waals surface area contributed by atoms with Crippen molar-refractivity contribution in [1.82, 2.24) is 10.2 Å². The van der Waals surface area contributed by atoms with Crippen molar-refractivity contribution in [2.75, 3.05) is 24.3 Å². The van der Waals surface area contributed by atoms with Crippen LogP contribution >= 0.6 is 23.1 Å². The van der Waals surface area contributed by atoms with Crippen molar-refractivity contribution in [2.24, 2.45) is 5.92 Å². The number of benzene rings is 1. The number of carbonyl (C=O) groups is 1. The van der Waals surface area contributed by atoms with Crippen molar-refractivity contribution in [3.05, 3.63) is 23.8 Å². The van der Waals surface area contributed by atoms with Gasteiger partial charge in [0.05, 0.1) is 18.0 Å². The van der Waals surface area contributed by atoms with Crippen LogP contribution in [0.2, 0.25) is 0 Å². The zero-order chi connectivity index (χ0) is 18.4. The highest BCUT2D eigenvalue weighted by Gasteiger charge is 2.18. The number of nitrogens with one attached hydrogen (secondary N) is 2. The summed E-state index contributed by atoms with van der Waals surface area (Å²) in [5, 5.41) is 14.9. The fraction of sp³-hybridized carbons (Fsp3) is 0.471.